The third kappa shape index (κ3) is 1.49. The Labute approximate surface area is 110 Å². The van der Waals surface area contributed by atoms with Crippen molar-refractivity contribution in [1.82, 2.24) is 0 Å². The number of allylic oxidation sites excluding steroid dienone is 1. The van der Waals surface area contributed by atoms with E-state index in [1.54, 1.807) is 31.2 Å². The summed E-state index contributed by atoms with van der Waals surface area (Å²) in [6.45, 7) is 3.02. The molecule has 0 aromatic heterocycles. The molecule has 0 saturated heterocycles. The number of carbonyl (C=O) groups is 3. The van der Waals surface area contributed by atoms with Crippen LogP contribution in [0, 0.1) is 5.92 Å². The SMILES string of the molecule is CC(=O)C1=C(C)OC2C(=O)c3ccccc3C(=O)C12. The van der Waals surface area contributed by atoms with Crippen molar-refractivity contribution in [1.29, 1.82) is 0 Å². The summed E-state index contributed by atoms with van der Waals surface area (Å²) in [5.74, 6) is -1.04. The van der Waals surface area contributed by atoms with Crippen molar-refractivity contribution in [3.63, 3.8) is 0 Å². The summed E-state index contributed by atoms with van der Waals surface area (Å²) < 4.78 is 5.47. The zero-order valence-electron chi connectivity index (χ0n) is 10.6. The van der Waals surface area contributed by atoms with Crippen LogP contribution in [0.4, 0.5) is 0 Å². The Kier molecular flexibility index (Phi) is 2.42. The smallest absolute Gasteiger partial charge is 0.205 e. The molecule has 0 spiro atoms. The minimum Gasteiger partial charge on any atom is -0.485 e. The Morgan fingerprint density at radius 2 is 1.68 bits per heavy atom. The number of carbonyl (C=O) groups excluding carboxylic acids is 3. The Balaban J connectivity index is 2.18. The van der Waals surface area contributed by atoms with Crippen LogP contribution in [-0.4, -0.2) is 23.5 Å². The van der Waals surface area contributed by atoms with Gasteiger partial charge in [0.15, 0.2) is 17.7 Å². The highest BCUT2D eigenvalue weighted by molar-refractivity contribution is 6.21. The maximum atomic E-state index is 12.5. The molecule has 1 aliphatic carbocycles. The van der Waals surface area contributed by atoms with Crippen molar-refractivity contribution in [2.75, 3.05) is 0 Å². The van der Waals surface area contributed by atoms with Gasteiger partial charge in [-0.25, -0.2) is 0 Å². The van der Waals surface area contributed by atoms with E-state index in [2.05, 4.69) is 0 Å². The molecule has 19 heavy (non-hydrogen) atoms. The zero-order chi connectivity index (χ0) is 13.7. The molecule has 1 aromatic carbocycles. The molecule has 1 heterocycles. The van der Waals surface area contributed by atoms with Crippen LogP contribution in [0.15, 0.2) is 35.6 Å². The molecule has 0 bridgehead atoms. The van der Waals surface area contributed by atoms with Gasteiger partial charge < -0.3 is 4.74 Å². The van der Waals surface area contributed by atoms with Crippen molar-refractivity contribution in [3.05, 3.63) is 46.7 Å². The number of benzene rings is 1. The van der Waals surface area contributed by atoms with Gasteiger partial charge in [0.2, 0.25) is 5.78 Å². The lowest BCUT2D eigenvalue weighted by Gasteiger charge is -2.25. The van der Waals surface area contributed by atoms with Crippen molar-refractivity contribution in [2.45, 2.75) is 20.0 Å². The maximum absolute atomic E-state index is 12.5. The van der Waals surface area contributed by atoms with Gasteiger partial charge in [0.1, 0.15) is 5.76 Å². The average Bonchev–Trinajstić information content (AvgIpc) is 2.74. The molecule has 0 saturated carbocycles. The lowest BCUT2D eigenvalue weighted by molar-refractivity contribution is -0.114. The lowest BCUT2D eigenvalue weighted by Crippen LogP contribution is -2.40. The van der Waals surface area contributed by atoms with Gasteiger partial charge in [0.25, 0.3) is 0 Å². The topological polar surface area (TPSA) is 60.4 Å². The van der Waals surface area contributed by atoms with Gasteiger partial charge >= 0.3 is 0 Å². The number of ketones is 3. The minimum atomic E-state index is -0.874. The van der Waals surface area contributed by atoms with Crippen molar-refractivity contribution in [2.24, 2.45) is 5.92 Å². The first kappa shape index (κ1) is 11.8. The first-order valence-electron chi connectivity index (χ1n) is 6.08. The molecule has 2 atom stereocenters. The second-order valence-electron chi connectivity index (χ2n) is 4.82. The van der Waals surface area contributed by atoms with Gasteiger partial charge in [-0.2, -0.15) is 0 Å². The van der Waals surface area contributed by atoms with Gasteiger partial charge in [-0.15, -0.1) is 0 Å². The summed E-state index contributed by atoms with van der Waals surface area (Å²) in [5.41, 5.74) is 1.09. The van der Waals surface area contributed by atoms with E-state index < -0.39 is 12.0 Å². The second-order valence-corrected chi connectivity index (χ2v) is 4.82. The largest absolute Gasteiger partial charge is 0.485 e. The fourth-order valence-electron chi connectivity index (χ4n) is 2.87. The monoisotopic (exact) mass is 256 g/mol. The molecule has 3 rings (SSSR count). The fraction of sp³-hybridized carbons (Fsp3) is 0.267. The quantitative estimate of drug-likeness (QED) is 0.770. The van der Waals surface area contributed by atoms with E-state index >= 15 is 0 Å². The van der Waals surface area contributed by atoms with Gasteiger partial charge in [-0.05, 0) is 13.8 Å². The Bertz CT molecular complexity index is 654. The third-order valence-electron chi connectivity index (χ3n) is 3.67. The fourth-order valence-corrected chi connectivity index (χ4v) is 2.87. The van der Waals surface area contributed by atoms with E-state index in [4.69, 9.17) is 4.74 Å². The highest BCUT2D eigenvalue weighted by atomic mass is 16.5. The highest BCUT2D eigenvalue weighted by Gasteiger charge is 2.50. The van der Waals surface area contributed by atoms with E-state index in [9.17, 15) is 14.4 Å². The van der Waals surface area contributed by atoms with Crippen LogP contribution in [-0.2, 0) is 9.53 Å². The van der Waals surface area contributed by atoms with E-state index in [1.807, 2.05) is 0 Å². The number of fused-ring (bicyclic) bond motifs is 2. The Morgan fingerprint density at radius 1 is 1.11 bits per heavy atom. The predicted molar refractivity (Wildman–Crippen MR) is 66.8 cm³/mol. The van der Waals surface area contributed by atoms with Crippen molar-refractivity contribution >= 4 is 17.3 Å². The summed E-state index contributed by atoms with van der Waals surface area (Å²) in [4.78, 5) is 36.5. The van der Waals surface area contributed by atoms with E-state index in [0.717, 1.165) is 0 Å². The number of ether oxygens (including phenoxy) is 1. The average molecular weight is 256 g/mol. The van der Waals surface area contributed by atoms with Gasteiger partial charge in [-0.3, -0.25) is 14.4 Å². The molecule has 0 radical (unpaired) electrons. The van der Waals surface area contributed by atoms with Crippen molar-refractivity contribution in [3.8, 4) is 0 Å². The molecule has 4 nitrogen and oxygen atoms in total. The number of rotatable bonds is 1. The summed E-state index contributed by atoms with van der Waals surface area (Å²) in [7, 11) is 0. The predicted octanol–water partition coefficient (Wildman–Crippen LogP) is 1.94. The number of Topliss-reactive ketones (excluding diaryl/α,β-unsaturated/α-hetero) is 3. The molecule has 0 N–H and O–H groups in total. The summed E-state index contributed by atoms with van der Waals surface area (Å²) in [6, 6.07) is 6.67. The molecule has 96 valence electrons. The van der Waals surface area contributed by atoms with Crippen LogP contribution in [0.5, 0.6) is 0 Å². The van der Waals surface area contributed by atoms with Gasteiger partial charge in [0, 0.05) is 16.7 Å². The van der Waals surface area contributed by atoms with Crippen LogP contribution in [0.3, 0.4) is 0 Å². The van der Waals surface area contributed by atoms with Crippen molar-refractivity contribution < 1.29 is 19.1 Å². The van der Waals surface area contributed by atoms with Crippen LogP contribution >= 0.6 is 0 Å². The van der Waals surface area contributed by atoms with Crippen LogP contribution in [0.1, 0.15) is 34.6 Å². The first-order chi connectivity index (χ1) is 9.02. The van der Waals surface area contributed by atoms with E-state index in [1.165, 1.54) is 6.92 Å². The highest BCUT2D eigenvalue weighted by Crippen LogP contribution is 2.39. The maximum Gasteiger partial charge on any atom is 0.205 e. The molecular formula is C15H12O4. The minimum absolute atomic E-state index is 0.206. The second kappa shape index (κ2) is 3.88. The van der Waals surface area contributed by atoms with Crippen LogP contribution in [0.25, 0.3) is 0 Å². The molecule has 0 amide bonds. The zero-order valence-corrected chi connectivity index (χ0v) is 10.6. The number of hydrogen-bond donors (Lipinski definition) is 0. The molecule has 2 aliphatic rings. The molecular weight excluding hydrogens is 244 g/mol. The summed E-state index contributed by atoms with van der Waals surface area (Å²) in [5, 5.41) is 0. The standard InChI is InChI=1S/C15H12O4/c1-7(16)11-8(2)19-15-12(11)13(17)9-5-3-4-6-10(9)14(15)18/h3-6,12,15H,1-2H3. The molecule has 1 aromatic rings. The summed E-state index contributed by atoms with van der Waals surface area (Å²) >= 11 is 0. The Morgan fingerprint density at radius 3 is 2.26 bits per heavy atom. The normalized spacial score (nSPS) is 24.9. The molecule has 2 unspecified atom stereocenters. The van der Waals surface area contributed by atoms with E-state index in [0.29, 0.717) is 22.5 Å². The van der Waals surface area contributed by atoms with E-state index in [-0.39, 0.29) is 17.3 Å². The summed E-state index contributed by atoms with van der Waals surface area (Å²) in [6.07, 6.45) is -0.874. The molecule has 4 heteroatoms. The van der Waals surface area contributed by atoms with Gasteiger partial charge in [-0.1, -0.05) is 24.3 Å². The third-order valence-corrected chi connectivity index (χ3v) is 3.67. The van der Waals surface area contributed by atoms with Crippen LogP contribution in [0.2, 0.25) is 0 Å². The van der Waals surface area contributed by atoms with Gasteiger partial charge in [0.05, 0.1) is 5.92 Å². The number of hydrogen-bond acceptors (Lipinski definition) is 4. The Hall–Kier alpha value is -2.23. The lowest BCUT2D eigenvalue weighted by atomic mass is 9.76. The molecule has 0 fully saturated rings. The van der Waals surface area contributed by atoms with Crippen LogP contribution < -0.4 is 0 Å². The molecule has 1 aliphatic heterocycles. The first-order valence-corrected chi connectivity index (χ1v) is 6.08.